The number of hydrogen-bond donors (Lipinski definition) is 1. The molecule has 2 unspecified atom stereocenters. The summed E-state index contributed by atoms with van der Waals surface area (Å²) in [4.78, 5) is 2.41. The summed E-state index contributed by atoms with van der Waals surface area (Å²) in [7, 11) is -0.572. The summed E-state index contributed by atoms with van der Waals surface area (Å²) in [6.07, 6.45) is 3.13. The average molecular weight is 288 g/mol. The zero-order valence-corrected chi connectivity index (χ0v) is 13.1. The lowest BCUT2D eigenvalue weighted by Crippen LogP contribution is -2.42. The molecule has 2 heterocycles. The van der Waals surface area contributed by atoms with E-state index in [-0.39, 0.29) is 0 Å². The van der Waals surface area contributed by atoms with Gasteiger partial charge < -0.3 is 10.1 Å². The van der Waals surface area contributed by atoms with Crippen LogP contribution in [0.4, 0.5) is 0 Å². The maximum absolute atomic E-state index is 11.3. The van der Waals surface area contributed by atoms with Crippen LogP contribution in [0.2, 0.25) is 0 Å². The van der Waals surface area contributed by atoms with Crippen molar-refractivity contribution in [3.05, 3.63) is 0 Å². The van der Waals surface area contributed by atoms with Crippen molar-refractivity contribution in [1.29, 1.82) is 0 Å². The molecule has 2 aliphatic heterocycles. The second-order valence-corrected chi connectivity index (χ2v) is 7.85. The molecule has 0 aromatic rings. The number of nitrogens with one attached hydrogen (secondary N) is 1. The van der Waals surface area contributed by atoms with Gasteiger partial charge in [-0.05, 0) is 25.3 Å². The molecule has 2 saturated heterocycles. The lowest BCUT2D eigenvalue weighted by molar-refractivity contribution is 0.0248. The fourth-order valence-electron chi connectivity index (χ4n) is 2.74. The zero-order chi connectivity index (χ0) is 13.7. The molecule has 19 heavy (non-hydrogen) atoms. The fraction of sp³-hybridized carbons (Fsp3) is 1.00. The van der Waals surface area contributed by atoms with E-state index in [0.29, 0.717) is 18.1 Å². The van der Waals surface area contributed by atoms with E-state index in [4.69, 9.17) is 4.74 Å². The highest BCUT2D eigenvalue weighted by Crippen LogP contribution is 2.20. The summed E-state index contributed by atoms with van der Waals surface area (Å²) in [5.41, 5.74) is 0. The Morgan fingerprint density at radius 1 is 1.26 bits per heavy atom. The molecule has 0 aromatic carbocycles. The minimum atomic E-state index is -0.572. The van der Waals surface area contributed by atoms with Gasteiger partial charge in [-0.15, -0.1) is 0 Å². The first-order valence-electron chi connectivity index (χ1n) is 7.57. The maximum atomic E-state index is 11.3. The molecule has 0 aliphatic carbocycles. The van der Waals surface area contributed by atoms with Gasteiger partial charge in [-0.3, -0.25) is 9.11 Å². The lowest BCUT2D eigenvalue weighted by Gasteiger charge is -2.28. The highest BCUT2D eigenvalue weighted by atomic mass is 32.2. The standard InChI is InChI=1S/C14H28N2O2S/c1-12(2)9-15-10-13-3-4-14(18-13)11-16-5-7-19(17)8-6-16/h12-15H,3-11H2,1-2H3. The van der Waals surface area contributed by atoms with E-state index >= 15 is 0 Å². The number of hydrogen-bond acceptors (Lipinski definition) is 4. The Balaban J connectivity index is 1.60. The molecule has 0 bridgehead atoms. The topological polar surface area (TPSA) is 41.6 Å². The van der Waals surface area contributed by atoms with Gasteiger partial charge in [0.1, 0.15) is 0 Å². The van der Waals surface area contributed by atoms with Crippen LogP contribution in [0, 0.1) is 5.92 Å². The highest BCUT2D eigenvalue weighted by molar-refractivity contribution is 7.85. The van der Waals surface area contributed by atoms with Gasteiger partial charge in [0.25, 0.3) is 0 Å². The summed E-state index contributed by atoms with van der Waals surface area (Å²) in [5.74, 6) is 2.38. The van der Waals surface area contributed by atoms with E-state index in [2.05, 4.69) is 24.1 Å². The zero-order valence-electron chi connectivity index (χ0n) is 12.3. The number of rotatable bonds is 6. The molecule has 0 spiro atoms. The molecule has 0 radical (unpaired) electrons. The highest BCUT2D eigenvalue weighted by Gasteiger charge is 2.27. The van der Waals surface area contributed by atoms with Crippen LogP contribution >= 0.6 is 0 Å². The Hall–Kier alpha value is 0.0300. The van der Waals surface area contributed by atoms with E-state index < -0.39 is 10.8 Å². The van der Waals surface area contributed by atoms with Crippen molar-refractivity contribution in [2.45, 2.75) is 38.9 Å². The van der Waals surface area contributed by atoms with E-state index in [1.165, 1.54) is 12.8 Å². The van der Waals surface area contributed by atoms with Crippen LogP contribution in [-0.2, 0) is 15.5 Å². The van der Waals surface area contributed by atoms with Crippen molar-refractivity contribution in [2.24, 2.45) is 5.92 Å². The van der Waals surface area contributed by atoms with Crippen LogP contribution in [0.1, 0.15) is 26.7 Å². The minimum Gasteiger partial charge on any atom is -0.372 e. The van der Waals surface area contributed by atoms with Gasteiger partial charge in [0, 0.05) is 48.5 Å². The molecule has 0 saturated carbocycles. The largest absolute Gasteiger partial charge is 0.372 e. The Morgan fingerprint density at radius 2 is 1.95 bits per heavy atom. The van der Waals surface area contributed by atoms with Gasteiger partial charge in [0.05, 0.1) is 12.2 Å². The van der Waals surface area contributed by atoms with Crippen LogP contribution < -0.4 is 5.32 Å². The van der Waals surface area contributed by atoms with E-state index in [9.17, 15) is 4.21 Å². The molecule has 2 atom stereocenters. The molecule has 0 amide bonds. The fourth-order valence-corrected chi connectivity index (χ4v) is 3.87. The molecule has 2 aliphatic rings. The van der Waals surface area contributed by atoms with Crippen LogP contribution in [0.3, 0.4) is 0 Å². The predicted octanol–water partition coefficient (Wildman–Crippen LogP) is 0.844. The van der Waals surface area contributed by atoms with Gasteiger partial charge >= 0.3 is 0 Å². The van der Waals surface area contributed by atoms with E-state index in [0.717, 1.165) is 44.2 Å². The average Bonchev–Trinajstić information content (AvgIpc) is 2.79. The molecule has 112 valence electrons. The monoisotopic (exact) mass is 288 g/mol. The number of ether oxygens (including phenoxy) is 1. The smallest absolute Gasteiger partial charge is 0.0707 e. The van der Waals surface area contributed by atoms with Crippen LogP contribution in [0.15, 0.2) is 0 Å². The first kappa shape index (κ1) is 15.4. The Labute approximate surface area is 119 Å². The van der Waals surface area contributed by atoms with Crippen LogP contribution in [0.5, 0.6) is 0 Å². The summed E-state index contributed by atoms with van der Waals surface area (Å²) in [6, 6.07) is 0. The van der Waals surface area contributed by atoms with Crippen molar-refractivity contribution in [2.75, 3.05) is 44.2 Å². The Morgan fingerprint density at radius 3 is 2.63 bits per heavy atom. The third-order valence-electron chi connectivity index (χ3n) is 3.85. The molecular formula is C14H28N2O2S. The second-order valence-electron chi connectivity index (χ2n) is 6.16. The van der Waals surface area contributed by atoms with Crippen molar-refractivity contribution in [3.63, 3.8) is 0 Å². The summed E-state index contributed by atoms with van der Waals surface area (Å²) in [5, 5.41) is 3.48. The first-order chi connectivity index (χ1) is 9.13. The summed E-state index contributed by atoms with van der Waals surface area (Å²) < 4.78 is 17.4. The molecule has 2 rings (SSSR count). The molecule has 5 heteroatoms. The predicted molar refractivity (Wildman–Crippen MR) is 79.9 cm³/mol. The number of nitrogens with zero attached hydrogens (tertiary/aromatic N) is 1. The van der Waals surface area contributed by atoms with Crippen molar-refractivity contribution < 1.29 is 8.95 Å². The SMILES string of the molecule is CC(C)CNCC1CCC(CN2CCS(=O)CC2)O1. The molecule has 2 fully saturated rings. The van der Waals surface area contributed by atoms with Gasteiger partial charge in [0.2, 0.25) is 0 Å². The van der Waals surface area contributed by atoms with Gasteiger partial charge in [-0.25, -0.2) is 0 Å². The third kappa shape index (κ3) is 5.50. The van der Waals surface area contributed by atoms with Gasteiger partial charge in [-0.1, -0.05) is 13.8 Å². The normalized spacial score (nSPS) is 30.3. The minimum absolute atomic E-state index is 0.386. The van der Waals surface area contributed by atoms with Gasteiger partial charge in [0.15, 0.2) is 0 Å². The molecule has 0 aromatic heterocycles. The van der Waals surface area contributed by atoms with Crippen molar-refractivity contribution >= 4 is 10.8 Å². The summed E-state index contributed by atoms with van der Waals surface area (Å²) >= 11 is 0. The van der Waals surface area contributed by atoms with Crippen LogP contribution in [0.25, 0.3) is 0 Å². The van der Waals surface area contributed by atoms with Crippen molar-refractivity contribution in [1.82, 2.24) is 10.2 Å². The molecular weight excluding hydrogens is 260 g/mol. The third-order valence-corrected chi connectivity index (χ3v) is 5.13. The second kappa shape index (κ2) is 7.72. The van der Waals surface area contributed by atoms with E-state index in [1.807, 2.05) is 0 Å². The Kier molecular flexibility index (Phi) is 6.26. The quantitative estimate of drug-likeness (QED) is 0.786. The maximum Gasteiger partial charge on any atom is 0.0707 e. The van der Waals surface area contributed by atoms with Gasteiger partial charge in [-0.2, -0.15) is 0 Å². The molecule has 1 N–H and O–H groups in total. The lowest BCUT2D eigenvalue weighted by atomic mass is 10.1. The van der Waals surface area contributed by atoms with Crippen LogP contribution in [-0.4, -0.2) is 65.5 Å². The Bertz CT molecular complexity index is 289. The van der Waals surface area contributed by atoms with E-state index in [1.54, 1.807) is 0 Å². The van der Waals surface area contributed by atoms with Crippen molar-refractivity contribution in [3.8, 4) is 0 Å². The molecule has 4 nitrogen and oxygen atoms in total. The first-order valence-corrected chi connectivity index (χ1v) is 9.06. The summed E-state index contributed by atoms with van der Waals surface area (Å²) in [6.45, 7) is 9.49.